The van der Waals surface area contributed by atoms with Gasteiger partial charge in [-0.2, -0.15) is 0 Å². The molecule has 4 heteroatoms. The van der Waals surface area contributed by atoms with E-state index >= 15 is 0 Å². The molecule has 11 heavy (non-hydrogen) atoms. The molecule has 1 rings (SSSR count). The molecule has 0 radical (unpaired) electrons. The van der Waals surface area contributed by atoms with E-state index in [-0.39, 0.29) is 5.91 Å². The molecule has 0 fully saturated rings. The summed E-state index contributed by atoms with van der Waals surface area (Å²) in [6, 6.07) is 0. The van der Waals surface area contributed by atoms with Gasteiger partial charge in [0.25, 0.3) is 5.91 Å². The van der Waals surface area contributed by atoms with Gasteiger partial charge in [-0.3, -0.25) is 10.2 Å². The number of hydrogen-bond donors (Lipinski definition) is 3. The second kappa shape index (κ2) is 2.75. The lowest BCUT2D eigenvalue weighted by atomic mass is 10.2. The number of aromatic amines is 1. The number of nitrogen functional groups attached to an aromatic ring is 1. The van der Waals surface area contributed by atoms with Crippen molar-refractivity contribution in [2.75, 3.05) is 0 Å². The molecule has 0 bridgehead atoms. The molecule has 60 valence electrons. The number of nitrogens with two attached hydrogens (primary N) is 1. The lowest BCUT2D eigenvalue weighted by Gasteiger charge is -1.96. The Hall–Kier alpha value is -1.29. The summed E-state index contributed by atoms with van der Waals surface area (Å²) in [6.07, 6.45) is 1.78. The fraction of sp³-hybridized carbons (Fsp3) is 0.286. The Kier molecular flexibility index (Phi) is 1.96. The van der Waals surface area contributed by atoms with Gasteiger partial charge in [-0.1, -0.05) is 0 Å². The molecule has 0 unspecified atom stereocenters. The van der Waals surface area contributed by atoms with Crippen LogP contribution >= 0.6 is 0 Å². The lowest BCUT2D eigenvalue weighted by molar-refractivity contribution is 0.0948. The second-order valence-electron chi connectivity index (χ2n) is 2.45. The predicted molar refractivity (Wildman–Crippen MR) is 41.9 cm³/mol. The average molecular weight is 153 g/mol. The van der Waals surface area contributed by atoms with E-state index < -0.39 is 0 Å². The summed E-state index contributed by atoms with van der Waals surface area (Å²) < 4.78 is 0. The quantitative estimate of drug-likeness (QED) is 0.307. The number of rotatable bonds is 1. The van der Waals surface area contributed by atoms with Crippen LogP contribution in [0.15, 0.2) is 6.20 Å². The highest BCUT2D eigenvalue weighted by Crippen LogP contribution is 2.10. The van der Waals surface area contributed by atoms with E-state index in [1.54, 1.807) is 6.20 Å². The van der Waals surface area contributed by atoms with Crippen molar-refractivity contribution in [1.82, 2.24) is 10.4 Å². The average Bonchev–Trinajstić information content (AvgIpc) is 2.32. The Labute approximate surface area is 64.8 Å². The summed E-state index contributed by atoms with van der Waals surface area (Å²) in [6.45, 7) is 3.80. The van der Waals surface area contributed by atoms with Crippen LogP contribution in [0.4, 0.5) is 0 Å². The summed E-state index contributed by atoms with van der Waals surface area (Å²) >= 11 is 0. The molecular formula is C7H11N3O. The molecule has 4 nitrogen and oxygen atoms in total. The van der Waals surface area contributed by atoms with Crippen LogP contribution in [-0.2, 0) is 0 Å². The Morgan fingerprint density at radius 2 is 2.27 bits per heavy atom. The smallest absolute Gasteiger partial charge is 0.281 e. The molecule has 0 aromatic carbocycles. The van der Waals surface area contributed by atoms with Gasteiger partial charge in [0, 0.05) is 6.20 Å². The maximum absolute atomic E-state index is 11.0. The van der Waals surface area contributed by atoms with Gasteiger partial charge in [0.15, 0.2) is 0 Å². The van der Waals surface area contributed by atoms with Crippen molar-refractivity contribution in [2.24, 2.45) is 5.84 Å². The molecule has 1 heterocycles. The minimum absolute atomic E-state index is 0.282. The van der Waals surface area contributed by atoms with Gasteiger partial charge in [0.05, 0.1) is 0 Å². The minimum Gasteiger partial charge on any atom is -0.357 e. The fourth-order valence-corrected chi connectivity index (χ4v) is 0.902. The van der Waals surface area contributed by atoms with E-state index in [0.29, 0.717) is 5.69 Å². The Balaban J connectivity index is 3.04. The molecule has 0 aliphatic heterocycles. The standard InChI is InChI=1S/C7H11N3O/c1-4-3-9-6(5(4)2)7(11)10-8/h3,9H,8H2,1-2H3,(H,10,11). The molecule has 1 aromatic heterocycles. The summed E-state index contributed by atoms with van der Waals surface area (Å²) in [5.41, 5.74) is 4.59. The van der Waals surface area contributed by atoms with Gasteiger partial charge in [-0.15, -0.1) is 0 Å². The van der Waals surface area contributed by atoms with Gasteiger partial charge in [0.2, 0.25) is 0 Å². The van der Waals surface area contributed by atoms with Gasteiger partial charge >= 0.3 is 0 Å². The number of carbonyl (C=O) groups is 1. The monoisotopic (exact) mass is 153 g/mol. The van der Waals surface area contributed by atoms with Crippen molar-refractivity contribution < 1.29 is 4.79 Å². The van der Waals surface area contributed by atoms with E-state index in [1.165, 1.54) is 0 Å². The highest BCUT2D eigenvalue weighted by Gasteiger charge is 2.09. The van der Waals surface area contributed by atoms with Crippen molar-refractivity contribution in [3.8, 4) is 0 Å². The topological polar surface area (TPSA) is 70.9 Å². The van der Waals surface area contributed by atoms with Crippen LogP contribution in [0.1, 0.15) is 21.6 Å². The Bertz CT molecular complexity index is 277. The molecule has 1 amide bonds. The van der Waals surface area contributed by atoms with Crippen LogP contribution in [0, 0.1) is 13.8 Å². The highest BCUT2D eigenvalue weighted by molar-refractivity contribution is 5.93. The first-order valence-electron chi connectivity index (χ1n) is 3.32. The lowest BCUT2D eigenvalue weighted by Crippen LogP contribution is -2.30. The van der Waals surface area contributed by atoms with Crippen LogP contribution in [0.25, 0.3) is 0 Å². The fourth-order valence-electron chi connectivity index (χ4n) is 0.902. The highest BCUT2D eigenvalue weighted by atomic mass is 16.2. The number of nitrogens with one attached hydrogen (secondary N) is 2. The molecule has 0 spiro atoms. The normalized spacial score (nSPS) is 9.73. The Morgan fingerprint density at radius 3 is 2.64 bits per heavy atom. The van der Waals surface area contributed by atoms with Gasteiger partial charge < -0.3 is 4.98 Å². The van der Waals surface area contributed by atoms with E-state index in [1.807, 2.05) is 13.8 Å². The zero-order valence-corrected chi connectivity index (χ0v) is 6.56. The largest absolute Gasteiger partial charge is 0.357 e. The molecule has 4 N–H and O–H groups in total. The number of aromatic nitrogens is 1. The van der Waals surface area contributed by atoms with Crippen LogP contribution in [0.3, 0.4) is 0 Å². The molecule has 1 aromatic rings. The maximum atomic E-state index is 11.0. The number of amides is 1. The summed E-state index contributed by atoms with van der Waals surface area (Å²) in [5.74, 6) is 4.68. The number of aryl methyl sites for hydroxylation is 1. The van der Waals surface area contributed by atoms with Crippen molar-refractivity contribution >= 4 is 5.91 Å². The molecule has 0 aliphatic carbocycles. The Morgan fingerprint density at radius 1 is 1.64 bits per heavy atom. The van der Waals surface area contributed by atoms with Gasteiger partial charge in [-0.25, -0.2) is 5.84 Å². The molecule has 0 aliphatic rings. The van der Waals surface area contributed by atoms with Crippen LogP contribution in [0.5, 0.6) is 0 Å². The first-order chi connectivity index (χ1) is 5.16. The third kappa shape index (κ3) is 1.25. The van der Waals surface area contributed by atoms with Gasteiger partial charge in [0.1, 0.15) is 5.69 Å². The van der Waals surface area contributed by atoms with Crippen molar-refractivity contribution in [3.63, 3.8) is 0 Å². The molecular weight excluding hydrogens is 142 g/mol. The number of carbonyl (C=O) groups excluding carboxylic acids is 1. The van der Waals surface area contributed by atoms with Crippen molar-refractivity contribution in [3.05, 3.63) is 23.0 Å². The summed E-state index contributed by atoms with van der Waals surface area (Å²) in [4.78, 5) is 13.8. The van der Waals surface area contributed by atoms with Gasteiger partial charge in [-0.05, 0) is 25.0 Å². The first kappa shape index (κ1) is 7.81. The van der Waals surface area contributed by atoms with E-state index in [9.17, 15) is 4.79 Å². The number of H-pyrrole nitrogens is 1. The zero-order chi connectivity index (χ0) is 8.43. The summed E-state index contributed by atoms with van der Waals surface area (Å²) in [5, 5.41) is 0. The van der Waals surface area contributed by atoms with Crippen LogP contribution in [0.2, 0.25) is 0 Å². The molecule has 0 saturated heterocycles. The zero-order valence-electron chi connectivity index (χ0n) is 6.56. The van der Waals surface area contributed by atoms with E-state index in [4.69, 9.17) is 5.84 Å². The van der Waals surface area contributed by atoms with Crippen molar-refractivity contribution in [1.29, 1.82) is 0 Å². The van der Waals surface area contributed by atoms with Crippen LogP contribution < -0.4 is 11.3 Å². The third-order valence-corrected chi connectivity index (χ3v) is 1.76. The van der Waals surface area contributed by atoms with E-state index in [0.717, 1.165) is 11.1 Å². The predicted octanol–water partition coefficient (Wildman–Crippen LogP) is 0.235. The summed E-state index contributed by atoms with van der Waals surface area (Å²) in [7, 11) is 0. The van der Waals surface area contributed by atoms with Crippen molar-refractivity contribution in [2.45, 2.75) is 13.8 Å². The second-order valence-corrected chi connectivity index (χ2v) is 2.45. The van der Waals surface area contributed by atoms with E-state index in [2.05, 4.69) is 10.4 Å². The first-order valence-corrected chi connectivity index (χ1v) is 3.32. The molecule has 0 atom stereocenters. The molecule has 0 saturated carbocycles. The maximum Gasteiger partial charge on any atom is 0.281 e. The third-order valence-electron chi connectivity index (χ3n) is 1.76. The van der Waals surface area contributed by atoms with Crippen LogP contribution in [-0.4, -0.2) is 10.9 Å². The SMILES string of the molecule is Cc1c[nH]c(C(=O)NN)c1C. The minimum atomic E-state index is -0.282. The number of hydrogen-bond acceptors (Lipinski definition) is 2. The number of hydrazine groups is 1.